The van der Waals surface area contributed by atoms with Gasteiger partial charge in [-0.2, -0.15) is 0 Å². The first kappa shape index (κ1) is 59.9. The minimum absolute atomic E-state index is 0.0974. The summed E-state index contributed by atoms with van der Waals surface area (Å²) in [5, 5.41) is 0. The summed E-state index contributed by atoms with van der Waals surface area (Å²) in [5.41, 5.74) is 0. The first-order valence-electron chi connectivity index (χ1n) is 26.5. The molecule has 6 nitrogen and oxygen atoms in total. The first-order chi connectivity index (χ1) is 31.0. The second-order valence-corrected chi connectivity index (χ2v) is 17.4. The molecular formula is C57H98O6. The Bertz CT molecular complexity index is 1190. The largest absolute Gasteiger partial charge is 0.462 e. The predicted molar refractivity (Wildman–Crippen MR) is 270 cm³/mol. The highest BCUT2D eigenvalue weighted by Gasteiger charge is 2.19. The monoisotopic (exact) mass is 879 g/mol. The van der Waals surface area contributed by atoms with Crippen LogP contribution in [-0.2, 0) is 28.6 Å². The molecule has 63 heavy (non-hydrogen) atoms. The van der Waals surface area contributed by atoms with Gasteiger partial charge in [-0.05, 0) is 103 Å². The third kappa shape index (κ3) is 49.7. The number of allylic oxidation sites excluding steroid dienone is 12. The highest BCUT2D eigenvalue weighted by atomic mass is 16.6. The molecule has 0 aromatic carbocycles. The zero-order valence-corrected chi connectivity index (χ0v) is 41.3. The van der Waals surface area contributed by atoms with E-state index < -0.39 is 6.10 Å². The summed E-state index contributed by atoms with van der Waals surface area (Å²) in [5.74, 6) is -0.954. The second-order valence-electron chi connectivity index (χ2n) is 17.4. The molecule has 0 spiro atoms. The summed E-state index contributed by atoms with van der Waals surface area (Å²) in [4.78, 5) is 38.0. The maximum atomic E-state index is 12.8. The van der Waals surface area contributed by atoms with Gasteiger partial charge >= 0.3 is 17.9 Å². The van der Waals surface area contributed by atoms with Gasteiger partial charge < -0.3 is 14.2 Å². The van der Waals surface area contributed by atoms with Gasteiger partial charge in [0.1, 0.15) is 13.2 Å². The molecule has 0 aliphatic rings. The van der Waals surface area contributed by atoms with Crippen LogP contribution in [0.15, 0.2) is 72.9 Å². The van der Waals surface area contributed by atoms with Gasteiger partial charge in [0, 0.05) is 19.3 Å². The molecule has 0 fully saturated rings. The summed E-state index contributed by atoms with van der Waals surface area (Å²) in [6.45, 7) is 6.46. The van der Waals surface area contributed by atoms with Crippen LogP contribution in [0.25, 0.3) is 0 Å². The molecule has 0 heterocycles. The lowest BCUT2D eigenvalue weighted by Crippen LogP contribution is -2.30. The number of carbonyl (C=O) groups is 3. The molecule has 0 rings (SSSR count). The number of hydrogen-bond acceptors (Lipinski definition) is 6. The fourth-order valence-electron chi connectivity index (χ4n) is 7.21. The SMILES string of the molecule is CC/C=C\C/C=C\C/C=C\CCCCC(=O)OCC(COC(=O)CCCCCCC/C=C\C=C/CCCCCCCCC)OC(=O)CCCCCCCCC/C=C\CCCCCC. The van der Waals surface area contributed by atoms with Crippen molar-refractivity contribution in [3.05, 3.63) is 72.9 Å². The molecule has 0 radical (unpaired) electrons. The van der Waals surface area contributed by atoms with Gasteiger partial charge in [0.15, 0.2) is 6.10 Å². The van der Waals surface area contributed by atoms with E-state index in [1.807, 2.05) is 0 Å². The van der Waals surface area contributed by atoms with Gasteiger partial charge in [0.2, 0.25) is 0 Å². The van der Waals surface area contributed by atoms with E-state index in [1.54, 1.807) is 0 Å². The number of hydrogen-bond donors (Lipinski definition) is 0. The lowest BCUT2D eigenvalue weighted by Gasteiger charge is -2.18. The molecule has 1 unspecified atom stereocenters. The summed E-state index contributed by atoms with van der Waals surface area (Å²) < 4.78 is 16.8. The van der Waals surface area contributed by atoms with Crippen LogP contribution in [0.5, 0.6) is 0 Å². The van der Waals surface area contributed by atoms with Crippen LogP contribution in [0, 0.1) is 0 Å². The third-order valence-corrected chi connectivity index (χ3v) is 11.2. The normalized spacial score (nSPS) is 12.6. The van der Waals surface area contributed by atoms with Crippen molar-refractivity contribution in [1.82, 2.24) is 0 Å². The molecule has 362 valence electrons. The van der Waals surface area contributed by atoms with Gasteiger partial charge in [-0.15, -0.1) is 0 Å². The molecule has 0 aromatic rings. The van der Waals surface area contributed by atoms with Crippen LogP contribution < -0.4 is 0 Å². The van der Waals surface area contributed by atoms with Crippen LogP contribution in [-0.4, -0.2) is 37.2 Å². The van der Waals surface area contributed by atoms with Gasteiger partial charge in [0.05, 0.1) is 0 Å². The Balaban J connectivity index is 4.43. The highest BCUT2D eigenvalue weighted by Crippen LogP contribution is 2.14. The topological polar surface area (TPSA) is 78.9 Å². The van der Waals surface area contributed by atoms with Crippen LogP contribution in [0.2, 0.25) is 0 Å². The van der Waals surface area contributed by atoms with E-state index in [-0.39, 0.29) is 31.1 Å². The smallest absolute Gasteiger partial charge is 0.306 e. The first-order valence-corrected chi connectivity index (χ1v) is 26.5. The minimum Gasteiger partial charge on any atom is -0.462 e. The third-order valence-electron chi connectivity index (χ3n) is 11.2. The highest BCUT2D eigenvalue weighted by molar-refractivity contribution is 5.71. The van der Waals surface area contributed by atoms with E-state index in [0.717, 1.165) is 96.3 Å². The van der Waals surface area contributed by atoms with Crippen molar-refractivity contribution in [2.24, 2.45) is 0 Å². The van der Waals surface area contributed by atoms with Crippen molar-refractivity contribution in [1.29, 1.82) is 0 Å². The Labute approximate surface area is 389 Å². The Kier molecular flexibility index (Phi) is 48.9. The second kappa shape index (κ2) is 51.5. The van der Waals surface area contributed by atoms with Crippen LogP contribution >= 0.6 is 0 Å². The number of carbonyl (C=O) groups excluding carboxylic acids is 3. The van der Waals surface area contributed by atoms with E-state index in [4.69, 9.17) is 14.2 Å². The fourth-order valence-corrected chi connectivity index (χ4v) is 7.21. The Hall–Kier alpha value is -3.15. The van der Waals surface area contributed by atoms with E-state index in [2.05, 4.69) is 93.7 Å². The summed E-state index contributed by atoms with van der Waals surface area (Å²) in [6.07, 6.45) is 64.6. The minimum atomic E-state index is -0.799. The van der Waals surface area contributed by atoms with Crippen LogP contribution in [0.3, 0.4) is 0 Å². The summed E-state index contributed by atoms with van der Waals surface area (Å²) >= 11 is 0. The van der Waals surface area contributed by atoms with Crippen LogP contribution in [0.4, 0.5) is 0 Å². The summed E-state index contributed by atoms with van der Waals surface area (Å²) in [6, 6.07) is 0. The quantitative estimate of drug-likeness (QED) is 0.0199. The number of rotatable bonds is 47. The van der Waals surface area contributed by atoms with Crippen LogP contribution in [0.1, 0.15) is 252 Å². The maximum absolute atomic E-state index is 12.8. The standard InChI is InChI=1S/C57H98O6/c1-4-7-10-13-16-19-22-25-27-28-29-31-32-35-38-41-44-47-50-56(59)62-53-54(52-61-55(58)49-46-43-40-37-34-24-21-18-15-12-9-6-3)63-57(60)51-48-45-42-39-36-33-30-26-23-20-17-14-11-8-5-2/h9,12,18,20-21,23,27-29,31,34,37,54H,4-8,10-11,13-17,19,22,24-26,30,32-33,35-36,38-53H2,1-3H3/b12-9-,21-18-,23-20-,28-27-,31-29-,37-34-. The van der Waals surface area contributed by atoms with Gasteiger partial charge in [-0.3, -0.25) is 14.4 Å². The van der Waals surface area contributed by atoms with Crippen molar-refractivity contribution in [3.63, 3.8) is 0 Å². The van der Waals surface area contributed by atoms with E-state index >= 15 is 0 Å². The number of unbranched alkanes of at least 4 members (excludes halogenated alkanes) is 25. The molecule has 1 atom stereocenters. The predicted octanol–water partition coefficient (Wildman–Crippen LogP) is 17.4. The van der Waals surface area contributed by atoms with Crippen molar-refractivity contribution in [2.45, 2.75) is 258 Å². The molecule has 0 bridgehead atoms. The van der Waals surface area contributed by atoms with E-state index in [0.29, 0.717) is 19.3 Å². The molecule has 0 saturated heterocycles. The van der Waals surface area contributed by atoms with Gasteiger partial charge in [-0.25, -0.2) is 0 Å². The molecule has 0 aliphatic heterocycles. The average molecular weight is 879 g/mol. The molecule has 0 aliphatic carbocycles. The molecule has 6 heteroatoms. The molecule has 0 N–H and O–H groups in total. The Morgan fingerprint density at radius 3 is 1.13 bits per heavy atom. The lowest BCUT2D eigenvalue weighted by atomic mass is 10.1. The van der Waals surface area contributed by atoms with Crippen molar-refractivity contribution >= 4 is 17.9 Å². The zero-order valence-electron chi connectivity index (χ0n) is 41.3. The average Bonchev–Trinajstić information content (AvgIpc) is 3.28. The van der Waals surface area contributed by atoms with E-state index in [1.165, 1.54) is 116 Å². The van der Waals surface area contributed by atoms with Crippen molar-refractivity contribution in [2.75, 3.05) is 13.2 Å². The molecule has 0 saturated carbocycles. The summed E-state index contributed by atoms with van der Waals surface area (Å²) in [7, 11) is 0. The van der Waals surface area contributed by atoms with Gasteiger partial charge in [-0.1, -0.05) is 203 Å². The fraction of sp³-hybridized carbons (Fsp3) is 0.737. The van der Waals surface area contributed by atoms with E-state index in [9.17, 15) is 14.4 Å². The zero-order chi connectivity index (χ0) is 45.8. The number of ether oxygens (including phenoxy) is 3. The van der Waals surface area contributed by atoms with Crippen molar-refractivity contribution in [3.8, 4) is 0 Å². The lowest BCUT2D eigenvalue weighted by molar-refractivity contribution is -0.167. The molecule has 0 aromatic heterocycles. The van der Waals surface area contributed by atoms with Crippen molar-refractivity contribution < 1.29 is 28.6 Å². The number of esters is 3. The Morgan fingerprint density at radius 2 is 0.667 bits per heavy atom. The maximum Gasteiger partial charge on any atom is 0.306 e. The molecule has 0 amide bonds. The Morgan fingerprint density at radius 1 is 0.349 bits per heavy atom. The van der Waals surface area contributed by atoms with Gasteiger partial charge in [0.25, 0.3) is 0 Å². The molecular weight excluding hydrogens is 781 g/mol.